The van der Waals surface area contributed by atoms with Crippen LogP contribution >= 0.6 is 32.3 Å². The Morgan fingerprint density at radius 3 is 2.55 bits per heavy atom. The van der Waals surface area contributed by atoms with E-state index in [4.69, 9.17) is 4.74 Å². The van der Waals surface area contributed by atoms with E-state index in [0.29, 0.717) is 0 Å². The number of carbonyl (C=O) groups excluding carboxylic acids is 1. The fourth-order valence-electron chi connectivity index (χ4n) is 0.677. The van der Waals surface area contributed by atoms with Gasteiger partial charge < -0.3 is 4.74 Å². The molecule has 0 aliphatic carbocycles. The molecule has 3 nitrogen and oxygen atoms in total. The van der Waals surface area contributed by atoms with E-state index in [1.54, 1.807) is 0 Å². The van der Waals surface area contributed by atoms with Crippen molar-refractivity contribution in [3.05, 3.63) is 0 Å². The highest BCUT2D eigenvalue weighted by Crippen LogP contribution is 2.11. The maximum Gasteiger partial charge on any atom is 0.430 e. The highest BCUT2D eigenvalue weighted by atomic mass is 79.9. The van der Waals surface area contributed by atoms with Crippen molar-refractivity contribution >= 4 is 38.4 Å². The number of ether oxygens (including phenoxy) is 1. The van der Waals surface area contributed by atoms with Gasteiger partial charge in [-0.25, -0.2) is 4.79 Å². The summed E-state index contributed by atoms with van der Waals surface area (Å²) >= 11 is 5.79. The lowest BCUT2D eigenvalue weighted by Crippen LogP contribution is -2.19. The topological polar surface area (TPSA) is 29.5 Å². The van der Waals surface area contributed by atoms with E-state index in [1.807, 2.05) is 13.8 Å². The highest BCUT2D eigenvalue weighted by Gasteiger charge is 2.12. The first-order valence-electron chi connectivity index (χ1n) is 3.40. The Morgan fingerprint density at radius 1 is 1.64 bits per heavy atom. The molecule has 1 atom stereocenters. The van der Waals surface area contributed by atoms with Crippen molar-refractivity contribution in [2.45, 2.75) is 32.8 Å². The van der Waals surface area contributed by atoms with Gasteiger partial charge in [-0.2, -0.15) is 2.95 Å². The lowest BCUT2D eigenvalue weighted by Gasteiger charge is -2.12. The summed E-state index contributed by atoms with van der Waals surface area (Å²) in [7, 11) is 0. The molecule has 0 aromatic rings. The van der Waals surface area contributed by atoms with E-state index in [-0.39, 0.29) is 6.10 Å². The highest BCUT2D eigenvalue weighted by molar-refractivity contribution is 9.21. The van der Waals surface area contributed by atoms with Crippen LogP contribution in [-0.4, -0.2) is 15.1 Å². The maximum atomic E-state index is 10.8. The second-order valence-electron chi connectivity index (χ2n) is 2.22. The lowest BCUT2D eigenvalue weighted by atomic mass is 10.2. The molecule has 11 heavy (non-hydrogen) atoms. The van der Waals surface area contributed by atoms with Crippen LogP contribution in [-0.2, 0) is 4.74 Å². The van der Waals surface area contributed by atoms with Crippen LogP contribution in [0.4, 0.5) is 4.79 Å². The largest absolute Gasteiger partial charge is 0.445 e. The molecule has 0 saturated carbocycles. The summed E-state index contributed by atoms with van der Waals surface area (Å²) in [6.07, 6.45) is 1.45. The van der Waals surface area contributed by atoms with E-state index in [0.717, 1.165) is 15.8 Å². The number of rotatable bonds is 3. The fraction of sp³-hybridized carbons (Fsp3) is 0.833. The summed E-state index contributed by atoms with van der Waals surface area (Å²) in [4.78, 5) is 10.8. The third kappa shape index (κ3) is 5.49. The van der Waals surface area contributed by atoms with Crippen LogP contribution in [0, 0.1) is 0 Å². The summed E-state index contributed by atoms with van der Waals surface area (Å²) in [6.45, 7) is 3.91. The number of hydrogen-bond acceptors (Lipinski definition) is 2. The lowest BCUT2D eigenvalue weighted by molar-refractivity contribution is 0.0996. The third-order valence-corrected chi connectivity index (χ3v) is 1.71. The van der Waals surface area contributed by atoms with Crippen LogP contribution in [0.2, 0.25) is 0 Å². The first-order chi connectivity index (χ1) is 5.07. The van der Waals surface area contributed by atoms with Crippen LogP contribution in [0.15, 0.2) is 0 Å². The Kier molecular flexibility index (Phi) is 5.95. The Morgan fingerprint density at radius 2 is 2.18 bits per heavy atom. The number of nitrogens with zero attached hydrogens (tertiary/aromatic N) is 1. The van der Waals surface area contributed by atoms with Crippen molar-refractivity contribution in [2.24, 2.45) is 0 Å². The number of halogens is 2. The van der Waals surface area contributed by atoms with Gasteiger partial charge in [-0.05, 0) is 13.3 Å². The molecule has 0 N–H and O–H groups in total. The van der Waals surface area contributed by atoms with Crippen molar-refractivity contribution in [1.82, 2.24) is 2.95 Å². The Balaban J connectivity index is 3.57. The molecule has 5 heteroatoms. The second-order valence-corrected chi connectivity index (χ2v) is 4.59. The van der Waals surface area contributed by atoms with E-state index < -0.39 is 6.09 Å². The molecule has 0 radical (unpaired) electrons. The second kappa shape index (κ2) is 5.83. The van der Waals surface area contributed by atoms with E-state index in [9.17, 15) is 4.79 Å². The molecule has 0 aromatic carbocycles. The number of hydrogen-bond donors (Lipinski definition) is 0. The van der Waals surface area contributed by atoms with E-state index in [1.165, 1.54) is 0 Å². The maximum absolute atomic E-state index is 10.8. The molecule has 1 unspecified atom stereocenters. The standard InChI is InChI=1S/C6H11Br2NO2/c1-3-4-5(2)11-6(10)9(7)8/h5H,3-4H2,1-2H3. The van der Waals surface area contributed by atoms with Crippen molar-refractivity contribution in [1.29, 1.82) is 0 Å². The molecule has 1 amide bonds. The van der Waals surface area contributed by atoms with Gasteiger partial charge in [0, 0.05) is 0 Å². The predicted octanol–water partition coefficient (Wildman–Crippen LogP) is 3.23. The molecule has 0 aliphatic rings. The Bertz CT molecular complexity index is 130. The predicted molar refractivity (Wildman–Crippen MR) is 50.5 cm³/mol. The summed E-state index contributed by atoms with van der Waals surface area (Å²) in [5.74, 6) is 0. The van der Waals surface area contributed by atoms with Crippen molar-refractivity contribution in [3.63, 3.8) is 0 Å². The zero-order chi connectivity index (χ0) is 8.85. The van der Waals surface area contributed by atoms with E-state index in [2.05, 4.69) is 32.3 Å². The smallest absolute Gasteiger partial charge is 0.430 e. The van der Waals surface area contributed by atoms with Crippen LogP contribution < -0.4 is 0 Å². The summed E-state index contributed by atoms with van der Waals surface area (Å²) in [5, 5.41) is 0. The average Bonchev–Trinajstić information content (AvgIpc) is 1.87. The first kappa shape index (κ1) is 11.2. The van der Waals surface area contributed by atoms with Crippen LogP contribution in [0.5, 0.6) is 0 Å². The molecule has 0 heterocycles. The minimum Gasteiger partial charge on any atom is -0.445 e. The van der Waals surface area contributed by atoms with Gasteiger partial charge in [-0.15, -0.1) is 0 Å². The third-order valence-electron chi connectivity index (χ3n) is 1.14. The summed E-state index contributed by atoms with van der Waals surface area (Å²) in [6, 6.07) is 0. The molecular weight excluding hydrogens is 278 g/mol. The van der Waals surface area contributed by atoms with Crippen LogP contribution in [0.3, 0.4) is 0 Å². The number of carbonyl (C=O) groups is 1. The Hall–Kier alpha value is 0.230. The zero-order valence-electron chi connectivity index (χ0n) is 6.51. The van der Waals surface area contributed by atoms with Crippen molar-refractivity contribution < 1.29 is 9.53 Å². The molecule has 0 fully saturated rings. The molecule has 0 bridgehead atoms. The minimum atomic E-state index is -0.425. The monoisotopic (exact) mass is 287 g/mol. The molecule has 0 aromatic heterocycles. The molecule has 0 saturated heterocycles. The Labute approximate surface area is 83.8 Å². The summed E-state index contributed by atoms with van der Waals surface area (Å²) < 4.78 is 6.01. The van der Waals surface area contributed by atoms with Gasteiger partial charge in [-0.1, -0.05) is 13.3 Å². The molecular formula is C6H11Br2NO2. The van der Waals surface area contributed by atoms with E-state index >= 15 is 0 Å². The summed E-state index contributed by atoms with van der Waals surface area (Å²) in [5.41, 5.74) is 0. The van der Waals surface area contributed by atoms with Crippen LogP contribution in [0.1, 0.15) is 26.7 Å². The SMILES string of the molecule is CCCC(C)OC(=O)N(Br)Br. The molecule has 0 spiro atoms. The van der Waals surface area contributed by atoms with Gasteiger partial charge in [0.05, 0.1) is 32.3 Å². The van der Waals surface area contributed by atoms with Gasteiger partial charge >= 0.3 is 6.09 Å². The van der Waals surface area contributed by atoms with Gasteiger partial charge in [0.25, 0.3) is 0 Å². The van der Waals surface area contributed by atoms with Gasteiger partial charge in [-0.3, -0.25) is 0 Å². The fourth-order valence-corrected chi connectivity index (χ4v) is 0.845. The molecule has 66 valence electrons. The van der Waals surface area contributed by atoms with Crippen molar-refractivity contribution in [2.75, 3.05) is 0 Å². The number of amides is 1. The van der Waals surface area contributed by atoms with Gasteiger partial charge in [0.1, 0.15) is 6.10 Å². The van der Waals surface area contributed by atoms with Crippen LogP contribution in [0.25, 0.3) is 0 Å². The average molecular weight is 289 g/mol. The molecule has 0 aliphatic heterocycles. The normalized spacial score (nSPS) is 12.4. The molecule has 0 rings (SSSR count). The van der Waals surface area contributed by atoms with Gasteiger partial charge in [0.2, 0.25) is 0 Å². The van der Waals surface area contributed by atoms with Gasteiger partial charge in [0.15, 0.2) is 0 Å². The first-order valence-corrected chi connectivity index (χ1v) is 4.82. The zero-order valence-corrected chi connectivity index (χ0v) is 9.68. The van der Waals surface area contributed by atoms with Crippen molar-refractivity contribution in [3.8, 4) is 0 Å². The quantitative estimate of drug-likeness (QED) is 0.746. The minimum absolute atomic E-state index is 0.0231.